The maximum Gasteiger partial charge on any atom is 0.261 e. The Morgan fingerprint density at radius 1 is 1.03 bits per heavy atom. The van der Waals surface area contributed by atoms with Gasteiger partial charge in [0.15, 0.2) is 6.10 Å². The Hall–Kier alpha value is -3.60. The first kappa shape index (κ1) is 24.1. The third-order valence-electron chi connectivity index (χ3n) is 7.20. The highest BCUT2D eigenvalue weighted by Crippen LogP contribution is 2.41. The minimum Gasteiger partial charge on any atom is -0.481 e. The van der Waals surface area contributed by atoms with Crippen molar-refractivity contribution in [3.63, 3.8) is 0 Å². The number of benzene rings is 3. The molecule has 2 amide bonds. The SMILES string of the molecule is CC[C@H](Oc1ccc2c(c1)[C@@H](c1ccc(C)cc1)N(C(=O)C1CC1)CC2)C(=O)NCc1ccccc1. The highest BCUT2D eigenvalue weighted by molar-refractivity contribution is 5.82. The highest BCUT2D eigenvalue weighted by Gasteiger charge is 2.39. The first-order valence-corrected chi connectivity index (χ1v) is 13.0. The van der Waals surface area contributed by atoms with Crippen LogP contribution in [0.4, 0.5) is 0 Å². The summed E-state index contributed by atoms with van der Waals surface area (Å²) in [4.78, 5) is 28.2. The number of nitrogens with one attached hydrogen (secondary N) is 1. The average molecular weight is 483 g/mol. The normalized spacial score (nSPS) is 17.7. The van der Waals surface area contributed by atoms with Crippen LogP contribution in [0.5, 0.6) is 5.75 Å². The molecule has 5 heteroatoms. The second-order valence-electron chi connectivity index (χ2n) is 9.95. The molecule has 5 nitrogen and oxygen atoms in total. The summed E-state index contributed by atoms with van der Waals surface area (Å²) in [6.45, 7) is 5.22. The van der Waals surface area contributed by atoms with Crippen LogP contribution in [0, 0.1) is 12.8 Å². The van der Waals surface area contributed by atoms with E-state index in [0.717, 1.165) is 42.5 Å². The topological polar surface area (TPSA) is 58.6 Å². The lowest BCUT2D eigenvalue weighted by molar-refractivity contribution is -0.134. The number of carbonyl (C=O) groups excluding carboxylic acids is 2. The summed E-state index contributed by atoms with van der Waals surface area (Å²) in [6.07, 6.45) is 2.78. The van der Waals surface area contributed by atoms with Gasteiger partial charge in [-0.3, -0.25) is 9.59 Å². The maximum atomic E-state index is 13.2. The van der Waals surface area contributed by atoms with E-state index in [1.807, 2.05) is 49.4 Å². The number of nitrogens with zero attached hydrogens (tertiary/aromatic N) is 1. The van der Waals surface area contributed by atoms with E-state index < -0.39 is 6.10 Å². The number of hydrogen-bond acceptors (Lipinski definition) is 3. The van der Waals surface area contributed by atoms with Gasteiger partial charge in [0, 0.05) is 19.0 Å². The second kappa shape index (κ2) is 10.6. The summed E-state index contributed by atoms with van der Waals surface area (Å²) in [7, 11) is 0. The molecule has 3 aromatic rings. The standard InChI is InChI=1S/C31H34N2O3/c1-3-28(30(34)32-20-22-7-5-4-6-8-22)36-26-16-15-23-17-18-33(31(35)25-13-14-25)29(27(23)19-26)24-11-9-21(2)10-12-24/h4-12,15-16,19,25,28-29H,3,13-14,17-18,20H2,1-2H3,(H,32,34)/t28-,29+/m0/s1. The minimum atomic E-state index is -0.586. The van der Waals surface area contributed by atoms with Gasteiger partial charge < -0.3 is 15.0 Å². The fraction of sp³-hybridized carbons (Fsp3) is 0.355. The molecule has 186 valence electrons. The van der Waals surface area contributed by atoms with Gasteiger partial charge in [0.2, 0.25) is 5.91 Å². The maximum absolute atomic E-state index is 13.2. The van der Waals surface area contributed by atoms with E-state index in [2.05, 4.69) is 47.5 Å². The van der Waals surface area contributed by atoms with Crippen LogP contribution in [-0.2, 0) is 22.6 Å². The summed E-state index contributed by atoms with van der Waals surface area (Å²) >= 11 is 0. The number of ether oxygens (including phenoxy) is 1. The molecule has 1 heterocycles. The molecule has 0 saturated heterocycles. The van der Waals surface area contributed by atoms with Crippen LogP contribution in [0.15, 0.2) is 72.8 Å². The molecule has 36 heavy (non-hydrogen) atoms. The van der Waals surface area contributed by atoms with Crippen molar-refractivity contribution in [3.05, 3.63) is 101 Å². The molecule has 2 aliphatic rings. The Morgan fingerprint density at radius 2 is 1.78 bits per heavy atom. The number of hydrogen-bond donors (Lipinski definition) is 1. The molecule has 5 rings (SSSR count). The lowest BCUT2D eigenvalue weighted by Crippen LogP contribution is -2.41. The highest BCUT2D eigenvalue weighted by atomic mass is 16.5. The molecule has 0 spiro atoms. The lowest BCUT2D eigenvalue weighted by atomic mass is 9.87. The van der Waals surface area contributed by atoms with Gasteiger partial charge in [-0.05, 0) is 67.0 Å². The molecule has 1 N–H and O–H groups in total. The zero-order valence-corrected chi connectivity index (χ0v) is 21.1. The zero-order chi connectivity index (χ0) is 25.1. The van der Waals surface area contributed by atoms with Crippen LogP contribution in [0.3, 0.4) is 0 Å². The molecule has 0 radical (unpaired) electrons. The summed E-state index contributed by atoms with van der Waals surface area (Å²) < 4.78 is 6.22. The molecule has 2 atom stereocenters. The first-order valence-electron chi connectivity index (χ1n) is 13.0. The molecule has 3 aromatic carbocycles. The van der Waals surface area contributed by atoms with Crippen LogP contribution < -0.4 is 10.1 Å². The van der Waals surface area contributed by atoms with Crippen LogP contribution >= 0.6 is 0 Å². The molecular formula is C31H34N2O3. The van der Waals surface area contributed by atoms with Gasteiger partial charge in [-0.2, -0.15) is 0 Å². The summed E-state index contributed by atoms with van der Waals surface area (Å²) in [5, 5.41) is 3.00. The van der Waals surface area contributed by atoms with E-state index in [1.165, 1.54) is 11.1 Å². The average Bonchev–Trinajstić information content (AvgIpc) is 3.76. The minimum absolute atomic E-state index is 0.125. The van der Waals surface area contributed by atoms with Crippen LogP contribution in [0.25, 0.3) is 0 Å². The summed E-state index contributed by atoms with van der Waals surface area (Å²) in [5.74, 6) is 0.953. The van der Waals surface area contributed by atoms with Gasteiger partial charge in [-0.25, -0.2) is 0 Å². The van der Waals surface area contributed by atoms with Gasteiger partial charge >= 0.3 is 0 Å². The molecule has 1 saturated carbocycles. The van der Waals surface area contributed by atoms with Crippen LogP contribution in [-0.4, -0.2) is 29.4 Å². The van der Waals surface area contributed by atoms with E-state index in [1.54, 1.807) is 0 Å². The molecule has 1 aliphatic heterocycles. The van der Waals surface area contributed by atoms with Crippen molar-refractivity contribution in [3.8, 4) is 5.75 Å². The van der Waals surface area contributed by atoms with Gasteiger partial charge in [-0.1, -0.05) is 73.2 Å². The Labute approximate surface area is 213 Å². The zero-order valence-electron chi connectivity index (χ0n) is 21.1. The summed E-state index contributed by atoms with van der Waals surface area (Å²) in [6, 6.07) is 24.3. The molecular weight excluding hydrogens is 448 g/mol. The molecule has 0 aromatic heterocycles. The van der Waals surface area contributed by atoms with Crippen molar-refractivity contribution >= 4 is 11.8 Å². The quantitative estimate of drug-likeness (QED) is 0.471. The fourth-order valence-electron chi connectivity index (χ4n) is 4.96. The van der Waals surface area contributed by atoms with Crippen molar-refractivity contribution in [1.82, 2.24) is 10.2 Å². The fourth-order valence-corrected chi connectivity index (χ4v) is 4.96. The largest absolute Gasteiger partial charge is 0.481 e. The van der Waals surface area contributed by atoms with Gasteiger partial charge in [0.25, 0.3) is 5.91 Å². The number of amides is 2. The smallest absolute Gasteiger partial charge is 0.261 e. The monoisotopic (exact) mass is 482 g/mol. The molecule has 1 aliphatic carbocycles. The van der Waals surface area contributed by atoms with Crippen LogP contribution in [0.1, 0.15) is 60.0 Å². The Morgan fingerprint density at radius 3 is 2.47 bits per heavy atom. The summed E-state index contributed by atoms with van der Waals surface area (Å²) in [5.41, 5.74) is 5.68. The van der Waals surface area contributed by atoms with E-state index >= 15 is 0 Å². The molecule has 0 bridgehead atoms. The van der Waals surface area contributed by atoms with Crippen molar-refractivity contribution < 1.29 is 14.3 Å². The lowest BCUT2D eigenvalue weighted by Gasteiger charge is -2.38. The first-order chi connectivity index (χ1) is 17.5. The third kappa shape index (κ3) is 5.30. The van der Waals surface area contributed by atoms with Gasteiger partial charge in [-0.15, -0.1) is 0 Å². The van der Waals surface area contributed by atoms with Crippen molar-refractivity contribution in [2.45, 2.75) is 58.2 Å². The number of carbonyl (C=O) groups is 2. The third-order valence-corrected chi connectivity index (χ3v) is 7.20. The Kier molecular flexibility index (Phi) is 7.08. The van der Waals surface area contributed by atoms with Crippen LogP contribution in [0.2, 0.25) is 0 Å². The Balaban J connectivity index is 1.39. The second-order valence-corrected chi connectivity index (χ2v) is 9.95. The Bertz CT molecular complexity index is 1220. The van der Waals surface area contributed by atoms with Crippen molar-refractivity contribution in [1.29, 1.82) is 0 Å². The number of aryl methyl sites for hydroxylation is 1. The van der Waals surface area contributed by atoms with E-state index in [4.69, 9.17) is 4.74 Å². The predicted octanol–water partition coefficient (Wildman–Crippen LogP) is 5.35. The van der Waals surface area contributed by atoms with E-state index in [9.17, 15) is 9.59 Å². The van der Waals surface area contributed by atoms with E-state index in [0.29, 0.717) is 18.7 Å². The number of fused-ring (bicyclic) bond motifs is 1. The van der Waals surface area contributed by atoms with Crippen molar-refractivity contribution in [2.24, 2.45) is 5.92 Å². The van der Waals surface area contributed by atoms with Crippen molar-refractivity contribution in [2.75, 3.05) is 6.54 Å². The van der Waals surface area contributed by atoms with Gasteiger partial charge in [0.05, 0.1) is 6.04 Å². The van der Waals surface area contributed by atoms with Gasteiger partial charge in [0.1, 0.15) is 5.75 Å². The predicted molar refractivity (Wildman–Crippen MR) is 141 cm³/mol. The molecule has 0 unspecified atom stereocenters. The molecule has 1 fully saturated rings. The van der Waals surface area contributed by atoms with E-state index in [-0.39, 0.29) is 23.8 Å². The number of rotatable bonds is 8.